The van der Waals surface area contributed by atoms with Crippen molar-refractivity contribution in [1.82, 2.24) is 9.47 Å². The van der Waals surface area contributed by atoms with E-state index in [0.717, 1.165) is 6.07 Å². The summed E-state index contributed by atoms with van der Waals surface area (Å²) in [4.78, 5) is 38.7. The lowest BCUT2D eigenvalue weighted by Crippen LogP contribution is -2.32. The Bertz CT molecular complexity index is 1280. The zero-order valence-corrected chi connectivity index (χ0v) is 18.0. The van der Waals surface area contributed by atoms with Crippen LogP contribution in [0.1, 0.15) is 22.7 Å². The van der Waals surface area contributed by atoms with Crippen molar-refractivity contribution < 1.29 is 18.7 Å². The molecule has 2 N–H and O–H groups in total. The molecule has 2 heterocycles. The fraction of sp³-hybridized carbons (Fsp3) is 0.227. The Hall–Kier alpha value is -3.33. The van der Waals surface area contributed by atoms with Gasteiger partial charge in [-0.2, -0.15) is 0 Å². The zero-order valence-electron chi connectivity index (χ0n) is 17.1. The van der Waals surface area contributed by atoms with Gasteiger partial charge in [-0.05, 0) is 36.8 Å². The van der Waals surface area contributed by atoms with Gasteiger partial charge in [0.1, 0.15) is 11.4 Å². The first-order valence-corrected chi connectivity index (χ1v) is 10.4. The fourth-order valence-corrected chi connectivity index (χ4v) is 4.59. The number of nitrogen functional groups attached to an aromatic ring is 1. The van der Waals surface area contributed by atoms with Crippen LogP contribution in [0.3, 0.4) is 0 Å². The number of ether oxygens (including phenoxy) is 1. The number of carbonyl (C=O) groups is 2. The molecule has 1 unspecified atom stereocenters. The van der Waals surface area contributed by atoms with Gasteiger partial charge in [0.05, 0.1) is 15.9 Å². The van der Waals surface area contributed by atoms with E-state index in [2.05, 4.69) is 0 Å². The average molecular weight is 441 g/mol. The molecule has 9 heteroatoms. The van der Waals surface area contributed by atoms with Gasteiger partial charge in [0, 0.05) is 30.7 Å². The van der Waals surface area contributed by atoms with Gasteiger partial charge in [-0.25, -0.2) is 9.18 Å². The smallest absolute Gasteiger partial charge is 0.345 e. The second kappa shape index (κ2) is 7.73. The number of amides is 1. The molecule has 3 aromatic rings. The van der Waals surface area contributed by atoms with Crippen LogP contribution in [0.5, 0.6) is 0 Å². The summed E-state index contributed by atoms with van der Waals surface area (Å²) in [7, 11) is 3.07. The van der Waals surface area contributed by atoms with Crippen molar-refractivity contribution in [2.75, 3.05) is 26.4 Å². The summed E-state index contributed by atoms with van der Waals surface area (Å²) >= 11 is 1.34. The third-order valence-electron chi connectivity index (χ3n) is 5.15. The molecule has 0 fully saturated rings. The van der Waals surface area contributed by atoms with E-state index in [9.17, 15) is 18.8 Å². The van der Waals surface area contributed by atoms with E-state index in [4.69, 9.17) is 10.5 Å². The van der Waals surface area contributed by atoms with Crippen LogP contribution in [0, 0.1) is 5.82 Å². The van der Waals surface area contributed by atoms with Crippen molar-refractivity contribution in [2.24, 2.45) is 0 Å². The van der Waals surface area contributed by atoms with Crippen molar-refractivity contribution in [3.8, 4) is 11.1 Å². The Kier molecular flexibility index (Phi) is 5.22. The number of halogens is 1. The number of esters is 1. The number of nitrogens with zero attached hydrogens (tertiary/aromatic N) is 2. The van der Waals surface area contributed by atoms with Crippen LogP contribution in [0.2, 0.25) is 0 Å². The number of pyridine rings is 1. The number of nitrogens with two attached hydrogens (primary N) is 1. The van der Waals surface area contributed by atoms with Crippen LogP contribution in [0.15, 0.2) is 46.2 Å². The number of aromatic nitrogens is 1. The van der Waals surface area contributed by atoms with E-state index in [1.54, 1.807) is 30.3 Å². The molecule has 7 nitrogen and oxygen atoms in total. The topological polar surface area (TPSA) is 94.6 Å². The second-order valence-corrected chi connectivity index (χ2v) is 8.74. The summed E-state index contributed by atoms with van der Waals surface area (Å²) in [5.74, 6) is -1.89. The monoisotopic (exact) mass is 441 g/mol. The van der Waals surface area contributed by atoms with Crippen LogP contribution in [0.4, 0.5) is 10.1 Å². The maximum absolute atomic E-state index is 15.0. The van der Waals surface area contributed by atoms with Gasteiger partial charge in [-0.1, -0.05) is 23.9 Å². The van der Waals surface area contributed by atoms with Gasteiger partial charge in [-0.15, -0.1) is 0 Å². The highest BCUT2D eigenvalue weighted by molar-refractivity contribution is 8.00. The number of fused-ring (bicyclic) bond motifs is 3. The summed E-state index contributed by atoms with van der Waals surface area (Å²) in [5, 5.41) is 0.471. The molecule has 1 aromatic heterocycles. The van der Waals surface area contributed by atoms with Gasteiger partial charge >= 0.3 is 5.97 Å². The van der Waals surface area contributed by atoms with Gasteiger partial charge in [0.15, 0.2) is 6.61 Å². The minimum absolute atomic E-state index is 0.0576. The van der Waals surface area contributed by atoms with E-state index < -0.39 is 29.7 Å². The SMILES string of the molecule is CC1Sc2c(C(=O)OCC(=O)N(C)C)c(=O)c3cc(F)c(-c4ccc(N)cc4)cc3n21. The Morgan fingerprint density at radius 2 is 1.90 bits per heavy atom. The molecule has 0 aliphatic carbocycles. The highest BCUT2D eigenvalue weighted by Crippen LogP contribution is 2.46. The van der Waals surface area contributed by atoms with Crippen LogP contribution in [0.25, 0.3) is 22.0 Å². The molecular weight excluding hydrogens is 421 g/mol. The largest absolute Gasteiger partial charge is 0.452 e. The lowest BCUT2D eigenvalue weighted by Gasteiger charge is -2.33. The summed E-state index contributed by atoms with van der Waals surface area (Å²) in [6.07, 6.45) is 0. The summed E-state index contributed by atoms with van der Waals surface area (Å²) in [5.41, 5.74) is 6.97. The predicted molar refractivity (Wildman–Crippen MR) is 118 cm³/mol. The molecule has 31 heavy (non-hydrogen) atoms. The molecule has 1 amide bonds. The normalized spacial score (nSPS) is 14.6. The van der Waals surface area contributed by atoms with Gasteiger partial charge in [0.2, 0.25) is 5.43 Å². The first kappa shape index (κ1) is 20.9. The third-order valence-corrected chi connectivity index (χ3v) is 6.32. The van der Waals surface area contributed by atoms with Crippen molar-refractivity contribution >= 4 is 40.2 Å². The number of rotatable bonds is 4. The van der Waals surface area contributed by atoms with Crippen LogP contribution in [-0.2, 0) is 9.53 Å². The molecule has 160 valence electrons. The summed E-state index contributed by atoms with van der Waals surface area (Å²) < 4.78 is 21.8. The van der Waals surface area contributed by atoms with Crippen LogP contribution >= 0.6 is 11.8 Å². The van der Waals surface area contributed by atoms with Crippen molar-refractivity contribution in [3.63, 3.8) is 0 Å². The Morgan fingerprint density at radius 3 is 2.52 bits per heavy atom. The second-order valence-electron chi connectivity index (χ2n) is 7.43. The van der Waals surface area contributed by atoms with Gasteiger partial charge in [-0.3, -0.25) is 9.59 Å². The average Bonchev–Trinajstić information content (AvgIpc) is 2.72. The molecule has 0 bridgehead atoms. The molecule has 0 saturated carbocycles. The molecule has 0 radical (unpaired) electrons. The van der Waals surface area contributed by atoms with E-state index in [-0.39, 0.29) is 16.3 Å². The molecule has 0 spiro atoms. The Labute approximate surface area is 181 Å². The van der Waals surface area contributed by atoms with Crippen molar-refractivity contribution in [1.29, 1.82) is 0 Å². The standard InChI is InChI=1S/C22H20FN3O4S/c1-11-26-17-9-14(12-4-6-13(24)7-5-12)16(23)8-15(17)20(28)19(21(26)31-11)22(29)30-10-18(27)25(2)3/h4-9,11H,10,24H2,1-3H3. The van der Waals surface area contributed by atoms with Crippen LogP contribution < -0.4 is 11.2 Å². The number of thioether (sulfide) groups is 1. The minimum Gasteiger partial charge on any atom is -0.452 e. The number of likely N-dealkylation sites (N-methyl/N-ethyl adjacent to an activating group) is 1. The van der Waals surface area contributed by atoms with Gasteiger partial charge < -0.3 is 19.9 Å². The van der Waals surface area contributed by atoms with Crippen molar-refractivity contribution in [2.45, 2.75) is 17.3 Å². The first-order chi connectivity index (χ1) is 14.7. The highest BCUT2D eigenvalue weighted by atomic mass is 32.2. The lowest BCUT2D eigenvalue weighted by molar-refractivity contribution is -0.131. The van der Waals surface area contributed by atoms with E-state index in [0.29, 0.717) is 27.4 Å². The molecule has 2 aromatic carbocycles. The quantitative estimate of drug-likeness (QED) is 0.493. The molecule has 4 rings (SSSR count). The minimum atomic E-state index is -0.895. The summed E-state index contributed by atoms with van der Waals surface area (Å²) in [6.45, 7) is 1.44. The zero-order chi connectivity index (χ0) is 22.4. The fourth-order valence-electron chi connectivity index (χ4n) is 3.44. The van der Waals surface area contributed by atoms with E-state index >= 15 is 0 Å². The van der Waals surface area contributed by atoms with Crippen molar-refractivity contribution in [3.05, 3.63) is 58.0 Å². The third kappa shape index (κ3) is 3.54. The molecular formula is C22H20FN3O4S. The molecule has 1 atom stereocenters. The first-order valence-electron chi connectivity index (χ1n) is 9.50. The van der Waals surface area contributed by atoms with E-state index in [1.807, 2.05) is 11.5 Å². The number of carbonyl (C=O) groups excluding carboxylic acids is 2. The van der Waals surface area contributed by atoms with E-state index in [1.165, 1.54) is 30.8 Å². The maximum Gasteiger partial charge on any atom is 0.345 e. The lowest BCUT2D eigenvalue weighted by atomic mass is 10.0. The molecule has 1 aliphatic heterocycles. The van der Waals surface area contributed by atoms with Gasteiger partial charge in [0.25, 0.3) is 5.91 Å². The predicted octanol–water partition coefficient (Wildman–Crippen LogP) is 3.26. The molecule has 1 aliphatic rings. The summed E-state index contributed by atoms with van der Waals surface area (Å²) in [6, 6.07) is 9.53. The number of benzene rings is 2. The number of hydrogen-bond donors (Lipinski definition) is 1. The number of anilines is 1. The maximum atomic E-state index is 15.0. The van der Waals surface area contributed by atoms with Crippen LogP contribution in [-0.4, -0.2) is 42.0 Å². The highest BCUT2D eigenvalue weighted by Gasteiger charge is 2.34. The Balaban J connectivity index is 1.84. The molecule has 0 saturated heterocycles. The number of hydrogen-bond acceptors (Lipinski definition) is 6. The Morgan fingerprint density at radius 1 is 1.23 bits per heavy atom.